The number of aryl methyl sites for hydroxylation is 1. The second kappa shape index (κ2) is 4.62. The summed E-state index contributed by atoms with van der Waals surface area (Å²) in [5, 5.41) is 3.27. The molecule has 1 aliphatic rings. The standard InChI is InChI=1S/C12H15BrFN/c1-2-8-5-10(9-3-4-15-7-9)12(14)11(13)6-8/h5-6,9,15H,2-4,7H2,1H3. The van der Waals surface area contributed by atoms with Crippen molar-refractivity contribution in [3.63, 3.8) is 0 Å². The van der Waals surface area contributed by atoms with Gasteiger partial charge < -0.3 is 5.32 Å². The largest absolute Gasteiger partial charge is 0.316 e. The molecule has 2 rings (SSSR count). The normalized spacial score (nSPS) is 20.9. The first-order chi connectivity index (χ1) is 7.22. The SMILES string of the molecule is CCc1cc(Br)c(F)c(C2CCNC2)c1. The van der Waals surface area contributed by atoms with E-state index in [2.05, 4.69) is 28.2 Å². The third-order valence-electron chi connectivity index (χ3n) is 3.02. The minimum atomic E-state index is -0.0825. The Morgan fingerprint density at radius 1 is 1.53 bits per heavy atom. The van der Waals surface area contributed by atoms with Crippen molar-refractivity contribution in [3.8, 4) is 0 Å². The predicted octanol–water partition coefficient (Wildman–Crippen LogP) is 3.23. The van der Waals surface area contributed by atoms with Crippen molar-refractivity contribution < 1.29 is 4.39 Å². The highest BCUT2D eigenvalue weighted by molar-refractivity contribution is 9.10. The minimum Gasteiger partial charge on any atom is -0.316 e. The molecular weight excluding hydrogens is 257 g/mol. The van der Waals surface area contributed by atoms with Crippen LogP contribution >= 0.6 is 15.9 Å². The maximum absolute atomic E-state index is 13.9. The van der Waals surface area contributed by atoms with Gasteiger partial charge in [-0.25, -0.2) is 4.39 Å². The lowest BCUT2D eigenvalue weighted by molar-refractivity contribution is 0.581. The quantitative estimate of drug-likeness (QED) is 0.871. The molecule has 1 aromatic carbocycles. The summed E-state index contributed by atoms with van der Waals surface area (Å²) < 4.78 is 14.5. The number of hydrogen-bond donors (Lipinski definition) is 1. The molecule has 15 heavy (non-hydrogen) atoms. The summed E-state index contributed by atoms with van der Waals surface area (Å²) in [5.41, 5.74) is 2.07. The molecule has 1 saturated heterocycles. The van der Waals surface area contributed by atoms with Crippen molar-refractivity contribution in [1.29, 1.82) is 0 Å². The summed E-state index contributed by atoms with van der Waals surface area (Å²) >= 11 is 3.29. The predicted molar refractivity (Wildman–Crippen MR) is 63.7 cm³/mol. The Bertz CT molecular complexity index is 359. The maximum Gasteiger partial charge on any atom is 0.140 e. The van der Waals surface area contributed by atoms with Crippen LogP contribution < -0.4 is 5.32 Å². The summed E-state index contributed by atoms with van der Waals surface area (Å²) in [4.78, 5) is 0. The fourth-order valence-electron chi connectivity index (χ4n) is 2.09. The average Bonchev–Trinajstić information content (AvgIpc) is 2.75. The van der Waals surface area contributed by atoms with E-state index in [4.69, 9.17) is 0 Å². The highest BCUT2D eigenvalue weighted by atomic mass is 79.9. The Morgan fingerprint density at radius 3 is 2.93 bits per heavy atom. The molecule has 1 N–H and O–H groups in total. The van der Waals surface area contributed by atoms with Crippen LogP contribution in [0.25, 0.3) is 0 Å². The second-order valence-corrected chi connectivity index (χ2v) is 4.88. The molecule has 1 aliphatic heterocycles. The lowest BCUT2D eigenvalue weighted by Crippen LogP contribution is -2.09. The molecule has 1 aromatic rings. The molecule has 1 heterocycles. The zero-order chi connectivity index (χ0) is 10.8. The smallest absolute Gasteiger partial charge is 0.140 e. The third-order valence-corrected chi connectivity index (χ3v) is 3.60. The van der Waals surface area contributed by atoms with Crippen LogP contribution in [-0.2, 0) is 6.42 Å². The third kappa shape index (κ3) is 2.23. The summed E-state index contributed by atoms with van der Waals surface area (Å²) in [5.74, 6) is 0.258. The van der Waals surface area contributed by atoms with Gasteiger partial charge in [0.2, 0.25) is 0 Å². The van der Waals surface area contributed by atoms with Crippen LogP contribution in [0.2, 0.25) is 0 Å². The maximum atomic E-state index is 13.9. The zero-order valence-electron chi connectivity index (χ0n) is 8.82. The Morgan fingerprint density at radius 2 is 2.33 bits per heavy atom. The minimum absolute atomic E-state index is 0.0825. The monoisotopic (exact) mass is 271 g/mol. The molecule has 0 radical (unpaired) electrons. The molecule has 0 bridgehead atoms. The van der Waals surface area contributed by atoms with Crippen molar-refractivity contribution in [2.24, 2.45) is 0 Å². The van der Waals surface area contributed by atoms with Crippen LogP contribution in [0.5, 0.6) is 0 Å². The Balaban J connectivity index is 2.39. The van der Waals surface area contributed by atoms with Gasteiger partial charge in [-0.3, -0.25) is 0 Å². The number of benzene rings is 1. The Labute approximate surface area is 98.2 Å². The van der Waals surface area contributed by atoms with Gasteiger partial charge in [-0.05, 0) is 52.5 Å². The van der Waals surface area contributed by atoms with Gasteiger partial charge in [-0.15, -0.1) is 0 Å². The fraction of sp³-hybridized carbons (Fsp3) is 0.500. The molecule has 1 nitrogen and oxygen atoms in total. The molecule has 82 valence electrons. The van der Waals surface area contributed by atoms with E-state index in [1.807, 2.05) is 12.1 Å². The summed E-state index contributed by atoms with van der Waals surface area (Å²) in [6, 6.07) is 3.89. The lowest BCUT2D eigenvalue weighted by Gasteiger charge is -2.13. The van der Waals surface area contributed by atoms with Gasteiger partial charge in [0.1, 0.15) is 5.82 Å². The van der Waals surface area contributed by atoms with E-state index in [0.717, 1.165) is 31.5 Å². The van der Waals surface area contributed by atoms with Gasteiger partial charge in [0.25, 0.3) is 0 Å². The topological polar surface area (TPSA) is 12.0 Å². The van der Waals surface area contributed by atoms with Crippen molar-refractivity contribution >= 4 is 15.9 Å². The second-order valence-electron chi connectivity index (χ2n) is 4.02. The average molecular weight is 272 g/mol. The van der Waals surface area contributed by atoms with E-state index >= 15 is 0 Å². The Kier molecular flexibility index (Phi) is 3.42. The summed E-state index contributed by atoms with van der Waals surface area (Å²) in [6.45, 7) is 3.99. The van der Waals surface area contributed by atoms with Gasteiger partial charge in [-0.2, -0.15) is 0 Å². The van der Waals surface area contributed by atoms with Crippen LogP contribution in [0.3, 0.4) is 0 Å². The highest BCUT2D eigenvalue weighted by Gasteiger charge is 2.21. The number of nitrogens with one attached hydrogen (secondary N) is 1. The van der Waals surface area contributed by atoms with E-state index in [1.54, 1.807) is 0 Å². The first-order valence-corrected chi connectivity index (χ1v) is 6.20. The van der Waals surface area contributed by atoms with Gasteiger partial charge in [-0.1, -0.05) is 13.0 Å². The van der Waals surface area contributed by atoms with Gasteiger partial charge in [0.05, 0.1) is 4.47 Å². The van der Waals surface area contributed by atoms with E-state index in [0.29, 0.717) is 10.4 Å². The number of halogens is 2. The highest BCUT2D eigenvalue weighted by Crippen LogP contribution is 2.30. The van der Waals surface area contributed by atoms with Crippen LogP contribution in [0.1, 0.15) is 30.4 Å². The zero-order valence-corrected chi connectivity index (χ0v) is 10.4. The molecule has 3 heteroatoms. The summed E-state index contributed by atoms with van der Waals surface area (Å²) in [6.07, 6.45) is 1.99. The molecule has 0 spiro atoms. The van der Waals surface area contributed by atoms with Gasteiger partial charge in [0.15, 0.2) is 0 Å². The first kappa shape index (κ1) is 11.1. The molecule has 1 unspecified atom stereocenters. The van der Waals surface area contributed by atoms with E-state index in [1.165, 1.54) is 5.56 Å². The van der Waals surface area contributed by atoms with Crippen molar-refractivity contribution in [3.05, 3.63) is 33.5 Å². The van der Waals surface area contributed by atoms with Crippen LogP contribution in [-0.4, -0.2) is 13.1 Å². The fourth-order valence-corrected chi connectivity index (χ4v) is 2.61. The Hall–Kier alpha value is -0.410. The molecule has 0 amide bonds. The molecule has 0 aromatic heterocycles. The molecular formula is C12H15BrFN. The molecule has 1 fully saturated rings. The van der Waals surface area contributed by atoms with Gasteiger partial charge >= 0.3 is 0 Å². The van der Waals surface area contributed by atoms with E-state index in [-0.39, 0.29) is 5.82 Å². The molecule has 1 atom stereocenters. The first-order valence-electron chi connectivity index (χ1n) is 5.41. The van der Waals surface area contributed by atoms with Crippen molar-refractivity contribution in [2.45, 2.75) is 25.7 Å². The van der Waals surface area contributed by atoms with Gasteiger partial charge in [0, 0.05) is 12.5 Å². The lowest BCUT2D eigenvalue weighted by atomic mass is 9.95. The van der Waals surface area contributed by atoms with Crippen LogP contribution in [0.4, 0.5) is 4.39 Å². The summed E-state index contributed by atoms with van der Waals surface area (Å²) in [7, 11) is 0. The van der Waals surface area contributed by atoms with Crippen molar-refractivity contribution in [2.75, 3.05) is 13.1 Å². The van der Waals surface area contributed by atoms with E-state index in [9.17, 15) is 4.39 Å². The van der Waals surface area contributed by atoms with Crippen molar-refractivity contribution in [1.82, 2.24) is 5.32 Å². The number of hydrogen-bond acceptors (Lipinski definition) is 1. The van der Waals surface area contributed by atoms with E-state index < -0.39 is 0 Å². The molecule has 0 aliphatic carbocycles. The van der Waals surface area contributed by atoms with Crippen LogP contribution in [0, 0.1) is 5.82 Å². The number of rotatable bonds is 2. The molecule has 0 saturated carbocycles. The van der Waals surface area contributed by atoms with Crippen LogP contribution in [0.15, 0.2) is 16.6 Å².